The number of hydrogen-bond donors (Lipinski definition) is 1. The minimum atomic E-state index is -0.517. The molecule has 0 heterocycles. The number of rotatable bonds is 4. The maximum Gasteiger partial charge on any atom is 0.254 e. The maximum absolute atomic E-state index is 13.7. The zero-order chi connectivity index (χ0) is 15.4. The summed E-state index contributed by atoms with van der Waals surface area (Å²) in [6.45, 7) is 2.14. The Kier molecular flexibility index (Phi) is 5.21. The molecule has 0 aliphatic heterocycles. The van der Waals surface area contributed by atoms with Crippen molar-refractivity contribution in [2.24, 2.45) is 0 Å². The van der Waals surface area contributed by atoms with E-state index in [1.807, 2.05) is 6.07 Å². The molecular formula is C16H14Cl2FNO. The van der Waals surface area contributed by atoms with E-state index < -0.39 is 11.7 Å². The van der Waals surface area contributed by atoms with E-state index in [1.165, 1.54) is 12.1 Å². The van der Waals surface area contributed by atoms with Crippen molar-refractivity contribution in [3.05, 3.63) is 69.0 Å². The molecule has 0 aliphatic carbocycles. The number of hydrogen-bond acceptors (Lipinski definition) is 1. The highest BCUT2D eigenvalue weighted by Gasteiger charge is 2.11. The summed E-state index contributed by atoms with van der Waals surface area (Å²) in [6.07, 6.45) is 0.551. The molecule has 0 saturated heterocycles. The summed E-state index contributed by atoms with van der Waals surface area (Å²) in [5, 5.41) is 3.80. The van der Waals surface area contributed by atoms with Gasteiger partial charge in [-0.1, -0.05) is 35.3 Å². The third-order valence-electron chi connectivity index (χ3n) is 3.06. The van der Waals surface area contributed by atoms with Crippen LogP contribution in [0.4, 0.5) is 4.39 Å². The lowest BCUT2D eigenvalue weighted by molar-refractivity contribution is 0.0950. The number of halogens is 3. The number of carbonyl (C=O) groups excluding carboxylic acids is 1. The van der Waals surface area contributed by atoms with Crippen LogP contribution in [0.2, 0.25) is 10.0 Å². The first-order valence-electron chi connectivity index (χ1n) is 6.45. The largest absolute Gasteiger partial charge is 0.352 e. The van der Waals surface area contributed by atoms with E-state index in [1.54, 1.807) is 25.1 Å². The van der Waals surface area contributed by atoms with Gasteiger partial charge in [-0.2, -0.15) is 0 Å². The average Bonchev–Trinajstić information content (AvgIpc) is 2.41. The minimum Gasteiger partial charge on any atom is -0.352 e. The molecule has 0 unspecified atom stereocenters. The van der Waals surface area contributed by atoms with Crippen molar-refractivity contribution in [2.75, 3.05) is 6.54 Å². The molecule has 2 rings (SSSR count). The number of amides is 1. The fraction of sp³-hybridized carbons (Fsp3) is 0.188. The van der Waals surface area contributed by atoms with Gasteiger partial charge in [0.2, 0.25) is 0 Å². The van der Waals surface area contributed by atoms with Gasteiger partial charge >= 0.3 is 0 Å². The van der Waals surface area contributed by atoms with Crippen LogP contribution in [0.15, 0.2) is 36.4 Å². The zero-order valence-corrected chi connectivity index (χ0v) is 12.9. The highest BCUT2D eigenvalue weighted by molar-refractivity contribution is 6.35. The van der Waals surface area contributed by atoms with Crippen LogP contribution in [0.5, 0.6) is 0 Å². The van der Waals surface area contributed by atoms with Crippen molar-refractivity contribution in [3.63, 3.8) is 0 Å². The molecular weight excluding hydrogens is 312 g/mol. The highest BCUT2D eigenvalue weighted by atomic mass is 35.5. The Morgan fingerprint density at radius 2 is 1.95 bits per heavy atom. The van der Waals surface area contributed by atoms with Gasteiger partial charge in [0, 0.05) is 16.6 Å². The van der Waals surface area contributed by atoms with Gasteiger partial charge in [-0.15, -0.1) is 0 Å². The van der Waals surface area contributed by atoms with E-state index in [2.05, 4.69) is 5.32 Å². The molecule has 0 spiro atoms. The molecule has 1 amide bonds. The third-order valence-corrected chi connectivity index (χ3v) is 3.65. The highest BCUT2D eigenvalue weighted by Crippen LogP contribution is 2.21. The molecule has 2 aromatic rings. The Labute approximate surface area is 132 Å². The van der Waals surface area contributed by atoms with Crippen molar-refractivity contribution in [1.82, 2.24) is 5.32 Å². The van der Waals surface area contributed by atoms with E-state index in [0.717, 1.165) is 11.1 Å². The Hall–Kier alpha value is -1.58. The molecule has 1 N–H and O–H groups in total. The lowest BCUT2D eigenvalue weighted by Crippen LogP contribution is -2.26. The molecule has 0 radical (unpaired) electrons. The molecule has 0 atom stereocenters. The van der Waals surface area contributed by atoms with E-state index in [0.29, 0.717) is 23.0 Å². The van der Waals surface area contributed by atoms with Crippen LogP contribution in [0.1, 0.15) is 21.5 Å². The van der Waals surface area contributed by atoms with Gasteiger partial charge in [-0.05, 0) is 48.7 Å². The molecule has 0 fully saturated rings. The van der Waals surface area contributed by atoms with E-state index in [4.69, 9.17) is 23.2 Å². The van der Waals surface area contributed by atoms with Crippen LogP contribution in [-0.2, 0) is 6.42 Å². The normalized spacial score (nSPS) is 10.5. The topological polar surface area (TPSA) is 29.1 Å². The molecule has 0 saturated carbocycles. The summed E-state index contributed by atoms with van der Waals surface area (Å²) in [7, 11) is 0. The van der Waals surface area contributed by atoms with Crippen LogP contribution >= 0.6 is 23.2 Å². The van der Waals surface area contributed by atoms with Crippen molar-refractivity contribution in [1.29, 1.82) is 0 Å². The second-order valence-electron chi connectivity index (χ2n) is 4.72. The quantitative estimate of drug-likeness (QED) is 0.886. The van der Waals surface area contributed by atoms with Gasteiger partial charge in [0.1, 0.15) is 5.82 Å². The molecule has 2 nitrogen and oxygen atoms in total. The monoisotopic (exact) mass is 325 g/mol. The first-order chi connectivity index (χ1) is 9.97. The number of benzene rings is 2. The molecule has 0 bridgehead atoms. The van der Waals surface area contributed by atoms with E-state index >= 15 is 0 Å². The van der Waals surface area contributed by atoms with E-state index in [-0.39, 0.29) is 5.56 Å². The molecule has 21 heavy (non-hydrogen) atoms. The van der Waals surface area contributed by atoms with Crippen LogP contribution in [0.3, 0.4) is 0 Å². The summed E-state index contributed by atoms with van der Waals surface area (Å²) in [5.41, 5.74) is 1.70. The van der Waals surface area contributed by atoms with Gasteiger partial charge in [-0.3, -0.25) is 4.79 Å². The first kappa shape index (κ1) is 15.8. The number of nitrogens with one attached hydrogen (secondary N) is 1. The maximum atomic E-state index is 13.7. The molecule has 2 aromatic carbocycles. The zero-order valence-electron chi connectivity index (χ0n) is 11.4. The van der Waals surface area contributed by atoms with Crippen LogP contribution < -0.4 is 5.32 Å². The van der Waals surface area contributed by atoms with Crippen LogP contribution in [-0.4, -0.2) is 12.5 Å². The summed E-state index contributed by atoms with van der Waals surface area (Å²) in [4.78, 5) is 11.9. The lowest BCUT2D eigenvalue weighted by atomic mass is 10.1. The lowest BCUT2D eigenvalue weighted by Gasteiger charge is -2.08. The van der Waals surface area contributed by atoms with Crippen LogP contribution in [0.25, 0.3) is 0 Å². The Balaban J connectivity index is 1.95. The summed E-state index contributed by atoms with van der Waals surface area (Å²) in [6, 6.07) is 9.72. The van der Waals surface area contributed by atoms with Gasteiger partial charge in [-0.25, -0.2) is 4.39 Å². The standard InChI is InChI=1S/C16H14Cl2FNO/c1-10-2-5-13(15(19)8-10)16(21)20-7-6-11-3-4-12(17)9-14(11)18/h2-5,8-9H,6-7H2,1H3,(H,20,21). The minimum absolute atomic E-state index is 0.0443. The Bertz CT molecular complexity index is 673. The molecule has 5 heteroatoms. The molecule has 0 aliphatic rings. The van der Waals surface area contributed by atoms with Gasteiger partial charge in [0.15, 0.2) is 0 Å². The second-order valence-corrected chi connectivity index (χ2v) is 5.57. The van der Waals surface area contributed by atoms with Crippen molar-refractivity contribution < 1.29 is 9.18 Å². The van der Waals surface area contributed by atoms with Crippen molar-refractivity contribution >= 4 is 29.1 Å². The summed E-state index contributed by atoms with van der Waals surface area (Å²) < 4.78 is 13.7. The smallest absolute Gasteiger partial charge is 0.254 e. The molecule has 110 valence electrons. The fourth-order valence-electron chi connectivity index (χ4n) is 1.93. The van der Waals surface area contributed by atoms with E-state index in [9.17, 15) is 9.18 Å². The number of aryl methyl sites for hydroxylation is 1. The number of carbonyl (C=O) groups is 1. The van der Waals surface area contributed by atoms with Gasteiger partial charge in [0.25, 0.3) is 5.91 Å². The predicted molar refractivity (Wildman–Crippen MR) is 83.6 cm³/mol. The van der Waals surface area contributed by atoms with Gasteiger partial charge in [0.05, 0.1) is 5.56 Å². The van der Waals surface area contributed by atoms with Crippen molar-refractivity contribution in [2.45, 2.75) is 13.3 Å². The van der Waals surface area contributed by atoms with Crippen molar-refractivity contribution in [3.8, 4) is 0 Å². The second kappa shape index (κ2) is 6.92. The summed E-state index contributed by atoms with van der Waals surface area (Å²) in [5.74, 6) is -0.949. The third kappa shape index (κ3) is 4.19. The average molecular weight is 326 g/mol. The van der Waals surface area contributed by atoms with Crippen LogP contribution in [0, 0.1) is 12.7 Å². The fourth-order valence-corrected chi connectivity index (χ4v) is 2.44. The Morgan fingerprint density at radius 3 is 2.62 bits per heavy atom. The Morgan fingerprint density at radius 1 is 1.19 bits per heavy atom. The van der Waals surface area contributed by atoms with Gasteiger partial charge < -0.3 is 5.32 Å². The SMILES string of the molecule is Cc1ccc(C(=O)NCCc2ccc(Cl)cc2Cl)c(F)c1. The molecule has 0 aromatic heterocycles. The predicted octanol–water partition coefficient (Wildman–Crippen LogP) is 4.41. The first-order valence-corrected chi connectivity index (χ1v) is 7.21. The summed E-state index contributed by atoms with van der Waals surface area (Å²) >= 11 is 11.9.